The predicted octanol–water partition coefficient (Wildman–Crippen LogP) is 1.60. The molecule has 0 amide bonds. The van der Waals surface area contributed by atoms with E-state index < -0.39 is 0 Å². The zero-order valence-electron chi connectivity index (χ0n) is 7.29. The van der Waals surface area contributed by atoms with Crippen LogP contribution in [0.2, 0.25) is 0 Å². The number of aromatic nitrogens is 1. The predicted molar refractivity (Wildman–Crippen MR) is 52.5 cm³/mol. The molecule has 0 aliphatic rings. The number of nitrogens with zero attached hydrogens (tertiary/aromatic N) is 1. The summed E-state index contributed by atoms with van der Waals surface area (Å²) in [5.41, 5.74) is 0.769. The van der Waals surface area contributed by atoms with E-state index >= 15 is 0 Å². The Balaban J connectivity index is 2.54. The molecule has 0 aromatic carbocycles. The summed E-state index contributed by atoms with van der Waals surface area (Å²) >= 11 is 3.27. The highest BCUT2D eigenvalue weighted by Crippen LogP contribution is 2.07. The molecule has 0 spiro atoms. The van der Waals surface area contributed by atoms with E-state index in [1.54, 1.807) is 6.20 Å². The van der Waals surface area contributed by atoms with Gasteiger partial charge in [0.2, 0.25) is 0 Å². The van der Waals surface area contributed by atoms with E-state index in [0.717, 1.165) is 10.2 Å². The summed E-state index contributed by atoms with van der Waals surface area (Å²) in [5.74, 6) is 0.0392. The van der Waals surface area contributed by atoms with Crippen molar-refractivity contribution in [3.8, 4) is 0 Å². The average Bonchev–Trinajstić information content (AvgIpc) is 2.09. The topological polar surface area (TPSA) is 39.2 Å². The van der Waals surface area contributed by atoms with Gasteiger partial charge in [0.1, 0.15) is 6.61 Å². The first-order valence-electron chi connectivity index (χ1n) is 3.83. The monoisotopic (exact) mass is 243 g/mol. The maximum atomic E-state index is 11.1. The summed E-state index contributed by atoms with van der Waals surface area (Å²) < 4.78 is 5.63. The second-order valence-electron chi connectivity index (χ2n) is 2.62. The lowest BCUT2D eigenvalue weighted by molar-refractivity contribution is -0.122. The van der Waals surface area contributed by atoms with E-state index in [1.165, 1.54) is 7.11 Å². The fourth-order valence-electron chi connectivity index (χ4n) is 0.925. The standard InChI is InChI=1S/C9H10BrNO2/c1-13-6-9(12)4-8-3-2-7(10)5-11-8/h2-3,5H,4,6H2,1H3. The van der Waals surface area contributed by atoms with Crippen LogP contribution in [0.15, 0.2) is 22.8 Å². The van der Waals surface area contributed by atoms with Crippen molar-refractivity contribution in [1.29, 1.82) is 0 Å². The SMILES string of the molecule is COCC(=O)Cc1ccc(Br)cn1. The third kappa shape index (κ3) is 3.65. The van der Waals surface area contributed by atoms with Gasteiger partial charge in [0.05, 0.1) is 6.42 Å². The van der Waals surface area contributed by atoms with Crippen molar-refractivity contribution >= 4 is 21.7 Å². The molecule has 0 aliphatic carbocycles. The molecule has 13 heavy (non-hydrogen) atoms. The molecule has 0 fully saturated rings. The molecule has 0 unspecified atom stereocenters. The van der Waals surface area contributed by atoms with E-state index in [0.29, 0.717) is 6.42 Å². The van der Waals surface area contributed by atoms with Gasteiger partial charge in [-0.25, -0.2) is 0 Å². The Morgan fingerprint density at radius 3 is 2.92 bits per heavy atom. The number of hydrogen-bond acceptors (Lipinski definition) is 3. The molecule has 0 atom stereocenters. The lowest BCUT2D eigenvalue weighted by Gasteiger charge is -1.99. The number of methoxy groups -OCH3 is 1. The lowest BCUT2D eigenvalue weighted by atomic mass is 10.2. The van der Waals surface area contributed by atoms with Crippen LogP contribution in [0.4, 0.5) is 0 Å². The number of hydrogen-bond donors (Lipinski definition) is 0. The molecule has 1 rings (SSSR count). The van der Waals surface area contributed by atoms with Gasteiger partial charge in [-0.05, 0) is 28.1 Å². The van der Waals surface area contributed by atoms with Crippen LogP contribution in [-0.4, -0.2) is 24.5 Å². The molecular formula is C9H10BrNO2. The van der Waals surface area contributed by atoms with Gasteiger partial charge in [0, 0.05) is 23.5 Å². The zero-order chi connectivity index (χ0) is 9.68. The van der Waals surface area contributed by atoms with Crippen molar-refractivity contribution in [3.63, 3.8) is 0 Å². The van der Waals surface area contributed by atoms with Crippen molar-refractivity contribution in [2.75, 3.05) is 13.7 Å². The summed E-state index contributed by atoms with van der Waals surface area (Å²) in [4.78, 5) is 15.2. The maximum absolute atomic E-state index is 11.1. The van der Waals surface area contributed by atoms with Crippen LogP contribution in [-0.2, 0) is 16.0 Å². The second kappa shape index (κ2) is 5.09. The number of halogens is 1. The Bertz CT molecular complexity index is 284. The minimum atomic E-state index is 0.0392. The molecule has 0 saturated carbocycles. The fraction of sp³-hybridized carbons (Fsp3) is 0.333. The highest BCUT2D eigenvalue weighted by Gasteiger charge is 2.03. The van der Waals surface area contributed by atoms with Gasteiger partial charge in [0.25, 0.3) is 0 Å². The summed E-state index contributed by atoms with van der Waals surface area (Å²) in [6.45, 7) is 0.151. The van der Waals surface area contributed by atoms with Gasteiger partial charge in [-0.2, -0.15) is 0 Å². The molecule has 1 aromatic rings. The largest absolute Gasteiger partial charge is 0.377 e. The Hall–Kier alpha value is -0.740. The molecule has 0 saturated heterocycles. The summed E-state index contributed by atoms with van der Waals surface area (Å²) in [6.07, 6.45) is 2.01. The molecule has 4 heteroatoms. The first-order chi connectivity index (χ1) is 6.22. The van der Waals surface area contributed by atoms with Gasteiger partial charge in [0.15, 0.2) is 5.78 Å². The van der Waals surface area contributed by atoms with Gasteiger partial charge >= 0.3 is 0 Å². The van der Waals surface area contributed by atoms with Crippen molar-refractivity contribution in [2.45, 2.75) is 6.42 Å². The molecule has 1 heterocycles. The average molecular weight is 244 g/mol. The highest BCUT2D eigenvalue weighted by molar-refractivity contribution is 9.10. The third-order valence-electron chi connectivity index (χ3n) is 1.47. The van der Waals surface area contributed by atoms with Crippen molar-refractivity contribution in [2.24, 2.45) is 0 Å². The van der Waals surface area contributed by atoms with Crippen LogP contribution < -0.4 is 0 Å². The minimum Gasteiger partial charge on any atom is -0.377 e. The van der Waals surface area contributed by atoms with Gasteiger partial charge in [-0.15, -0.1) is 0 Å². The molecular weight excluding hydrogens is 234 g/mol. The first-order valence-corrected chi connectivity index (χ1v) is 4.62. The normalized spacial score (nSPS) is 10.0. The summed E-state index contributed by atoms with van der Waals surface area (Å²) in [6, 6.07) is 3.68. The van der Waals surface area contributed by atoms with E-state index in [9.17, 15) is 4.79 Å². The number of rotatable bonds is 4. The molecule has 0 bridgehead atoms. The number of ketones is 1. The fourth-order valence-corrected chi connectivity index (χ4v) is 1.16. The Morgan fingerprint density at radius 2 is 2.38 bits per heavy atom. The molecule has 70 valence electrons. The number of ether oxygens (including phenoxy) is 1. The van der Waals surface area contributed by atoms with Crippen molar-refractivity contribution < 1.29 is 9.53 Å². The highest BCUT2D eigenvalue weighted by atomic mass is 79.9. The number of Topliss-reactive ketones (excluding diaryl/α,β-unsaturated/α-hetero) is 1. The number of carbonyl (C=O) groups excluding carboxylic acids is 1. The quantitative estimate of drug-likeness (QED) is 0.807. The molecule has 0 N–H and O–H groups in total. The van der Waals surface area contributed by atoms with Gasteiger partial charge in [-0.1, -0.05) is 0 Å². The Labute approximate surface area is 85.3 Å². The van der Waals surface area contributed by atoms with Gasteiger partial charge < -0.3 is 4.74 Å². The lowest BCUT2D eigenvalue weighted by Crippen LogP contribution is -2.10. The smallest absolute Gasteiger partial charge is 0.164 e. The van der Waals surface area contributed by atoms with Crippen LogP contribution in [0.1, 0.15) is 5.69 Å². The van der Waals surface area contributed by atoms with E-state index in [-0.39, 0.29) is 12.4 Å². The maximum Gasteiger partial charge on any atom is 0.164 e. The van der Waals surface area contributed by atoms with Crippen molar-refractivity contribution in [1.82, 2.24) is 4.98 Å². The first kappa shape index (κ1) is 10.3. The van der Waals surface area contributed by atoms with E-state index in [4.69, 9.17) is 4.74 Å². The van der Waals surface area contributed by atoms with Crippen LogP contribution in [0.3, 0.4) is 0 Å². The van der Waals surface area contributed by atoms with Crippen molar-refractivity contribution in [3.05, 3.63) is 28.5 Å². The third-order valence-corrected chi connectivity index (χ3v) is 1.94. The number of carbonyl (C=O) groups is 1. The minimum absolute atomic E-state index is 0.0392. The van der Waals surface area contributed by atoms with Crippen LogP contribution in [0.5, 0.6) is 0 Å². The Kier molecular flexibility index (Phi) is 4.05. The van der Waals surface area contributed by atoms with Crippen LogP contribution >= 0.6 is 15.9 Å². The number of pyridine rings is 1. The molecule has 3 nitrogen and oxygen atoms in total. The van der Waals surface area contributed by atoms with E-state index in [1.807, 2.05) is 12.1 Å². The van der Waals surface area contributed by atoms with Crippen LogP contribution in [0.25, 0.3) is 0 Å². The Morgan fingerprint density at radius 1 is 1.62 bits per heavy atom. The van der Waals surface area contributed by atoms with E-state index in [2.05, 4.69) is 20.9 Å². The summed E-state index contributed by atoms with van der Waals surface area (Å²) in [5, 5.41) is 0. The second-order valence-corrected chi connectivity index (χ2v) is 3.53. The van der Waals surface area contributed by atoms with Gasteiger partial charge in [-0.3, -0.25) is 9.78 Å². The molecule has 0 radical (unpaired) electrons. The van der Waals surface area contributed by atoms with Crippen LogP contribution in [0, 0.1) is 0 Å². The zero-order valence-corrected chi connectivity index (χ0v) is 8.87. The summed E-state index contributed by atoms with van der Waals surface area (Å²) in [7, 11) is 1.51. The molecule has 0 aliphatic heterocycles. The molecule has 1 aromatic heterocycles.